The van der Waals surface area contributed by atoms with Crippen molar-refractivity contribution in [2.24, 2.45) is 28.2 Å². The Kier molecular flexibility index (Phi) is 6.35. The Labute approximate surface area is 208 Å². The number of hydrogen-bond donors (Lipinski definition) is 2. The fraction of sp³-hybridized carbons (Fsp3) is 0.680. The van der Waals surface area contributed by atoms with Crippen molar-refractivity contribution in [3.05, 3.63) is 23.9 Å². The number of halogens is 3. The Balaban J connectivity index is 1.22. The van der Waals surface area contributed by atoms with Crippen molar-refractivity contribution >= 4 is 17.6 Å². The number of piperazine rings is 1. The lowest BCUT2D eigenvalue weighted by Crippen LogP contribution is -2.63. The molecule has 1 aromatic heterocycles. The number of carbonyl (C=O) groups is 1. The SMILES string of the molecule is C[C@H](/C(=N\C#N)NC1C2CC3CC1CC(C(=O)O)(C3)C2)N1CCN(c2ccc(C(F)(F)F)cn2)CC1. The van der Waals surface area contributed by atoms with Crippen molar-refractivity contribution in [2.75, 3.05) is 31.1 Å². The second-order valence-corrected chi connectivity index (χ2v) is 10.9. The highest BCUT2D eigenvalue weighted by molar-refractivity contribution is 5.88. The Morgan fingerprint density at radius 3 is 2.42 bits per heavy atom. The zero-order valence-electron chi connectivity index (χ0n) is 20.2. The van der Waals surface area contributed by atoms with Gasteiger partial charge in [-0.2, -0.15) is 23.4 Å². The minimum atomic E-state index is -4.41. The highest BCUT2D eigenvalue weighted by atomic mass is 19.4. The first-order valence-electron chi connectivity index (χ1n) is 12.6. The van der Waals surface area contributed by atoms with Crippen molar-refractivity contribution in [1.29, 1.82) is 5.26 Å². The van der Waals surface area contributed by atoms with Gasteiger partial charge in [0.05, 0.1) is 17.0 Å². The van der Waals surface area contributed by atoms with E-state index in [-0.39, 0.29) is 23.9 Å². The van der Waals surface area contributed by atoms with E-state index in [1.165, 1.54) is 6.07 Å². The molecular formula is C25H31F3N6O2. The van der Waals surface area contributed by atoms with Gasteiger partial charge in [-0.1, -0.05) is 0 Å². The number of nitrogens with zero attached hydrogens (tertiary/aromatic N) is 5. The molecule has 11 heteroatoms. The first-order valence-corrected chi connectivity index (χ1v) is 12.6. The summed E-state index contributed by atoms with van der Waals surface area (Å²) in [5.41, 5.74) is -1.35. The van der Waals surface area contributed by atoms with E-state index < -0.39 is 23.1 Å². The summed E-state index contributed by atoms with van der Waals surface area (Å²) in [4.78, 5) is 24.3. The molecular weight excluding hydrogens is 473 g/mol. The number of nitriles is 1. The Morgan fingerprint density at radius 1 is 1.22 bits per heavy atom. The van der Waals surface area contributed by atoms with E-state index in [9.17, 15) is 28.3 Å². The molecule has 1 aliphatic heterocycles. The van der Waals surface area contributed by atoms with E-state index in [4.69, 9.17) is 0 Å². The average molecular weight is 505 g/mol. The van der Waals surface area contributed by atoms with Gasteiger partial charge in [-0.15, -0.1) is 0 Å². The van der Waals surface area contributed by atoms with Crippen LogP contribution in [-0.2, 0) is 11.0 Å². The van der Waals surface area contributed by atoms with Gasteiger partial charge in [0.15, 0.2) is 0 Å². The van der Waals surface area contributed by atoms with E-state index in [0.29, 0.717) is 56.6 Å². The lowest BCUT2D eigenvalue weighted by atomic mass is 9.48. The number of rotatable bonds is 5. The molecule has 194 valence electrons. The first-order chi connectivity index (χ1) is 17.1. The largest absolute Gasteiger partial charge is 0.481 e. The summed E-state index contributed by atoms with van der Waals surface area (Å²) in [6.45, 7) is 4.50. The van der Waals surface area contributed by atoms with Gasteiger partial charge in [0, 0.05) is 38.4 Å². The van der Waals surface area contributed by atoms with Gasteiger partial charge < -0.3 is 15.3 Å². The number of nitrogens with one attached hydrogen (secondary N) is 1. The van der Waals surface area contributed by atoms with Gasteiger partial charge in [-0.25, -0.2) is 4.98 Å². The van der Waals surface area contributed by atoms with E-state index in [0.717, 1.165) is 31.5 Å². The Hall–Kier alpha value is -2.87. The lowest BCUT2D eigenvalue weighted by molar-refractivity contribution is -0.166. The maximum atomic E-state index is 12.8. The molecule has 2 heterocycles. The van der Waals surface area contributed by atoms with Crippen LogP contribution in [0.2, 0.25) is 0 Å². The van der Waals surface area contributed by atoms with Crippen LogP contribution < -0.4 is 10.2 Å². The first kappa shape index (κ1) is 24.8. The topological polar surface area (TPSA) is 105 Å². The third-order valence-corrected chi connectivity index (χ3v) is 8.87. The smallest absolute Gasteiger partial charge is 0.417 e. The fourth-order valence-electron chi connectivity index (χ4n) is 7.24. The molecule has 1 saturated heterocycles. The molecule has 2 N–H and O–H groups in total. The third-order valence-electron chi connectivity index (χ3n) is 8.87. The number of aromatic nitrogens is 1. The molecule has 0 amide bonds. The highest BCUT2D eigenvalue weighted by Gasteiger charge is 2.59. The molecule has 5 aliphatic rings. The molecule has 0 radical (unpaired) electrons. The number of amidine groups is 1. The predicted octanol–water partition coefficient (Wildman–Crippen LogP) is 3.36. The molecule has 4 aliphatic carbocycles. The highest BCUT2D eigenvalue weighted by Crippen LogP contribution is 2.60. The summed E-state index contributed by atoms with van der Waals surface area (Å²) in [6.07, 6.45) is 2.59. The summed E-state index contributed by atoms with van der Waals surface area (Å²) >= 11 is 0. The van der Waals surface area contributed by atoms with E-state index in [1.807, 2.05) is 18.0 Å². The molecule has 1 aromatic rings. The van der Waals surface area contributed by atoms with Gasteiger partial charge in [0.1, 0.15) is 11.7 Å². The van der Waals surface area contributed by atoms with Crippen LogP contribution in [0.4, 0.5) is 19.0 Å². The van der Waals surface area contributed by atoms with Crippen LogP contribution in [0.1, 0.15) is 44.6 Å². The quantitative estimate of drug-likeness (QED) is 0.360. The van der Waals surface area contributed by atoms with Gasteiger partial charge in [0.25, 0.3) is 0 Å². The second kappa shape index (κ2) is 9.21. The van der Waals surface area contributed by atoms with Crippen LogP contribution in [0.3, 0.4) is 0 Å². The zero-order chi connectivity index (χ0) is 25.7. The van der Waals surface area contributed by atoms with Crippen molar-refractivity contribution < 1.29 is 23.1 Å². The van der Waals surface area contributed by atoms with E-state index in [2.05, 4.69) is 20.2 Å². The van der Waals surface area contributed by atoms with Gasteiger partial charge in [-0.05, 0) is 68.9 Å². The summed E-state index contributed by atoms with van der Waals surface area (Å²) in [6, 6.07) is 2.44. The molecule has 3 atom stereocenters. The normalized spacial score (nSPS) is 33.3. The summed E-state index contributed by atoms with van der Waals surface area (Å²) < 4.78 is 38.5. The fourth-order valence-corrected chi connectivity index (χ4v) is 7.24. The summed E-state index contributed by atoms with van der Waals surface area (Å²) in [5, 5.41) is 22.8. The molecule has 4 saturated carbocycles. The van der Waals surface area contributed by atoms with Crippen molar-refractivity contribution in [1.82, 2.24) is 15.2 Å². The molecule has 0 spiro atoms. The molecule has 36 heavy (non-hydrogen) atoms. The molecule has 5 fully saturated rings. The minimum absolute atomic E-state index is 0.126. The second-order valence-electron chi connectivity index (χ2n) is 10.9. The molecule has 4 bridgehead atoms. The number of pyridine rings is 1. The van der Waals surface area contributed by atoms with Crippen LogP contribution in [0.25, 0.3) is 0 Å². The number of aliphatic carboxylic acids is 1. The maximum Gasteiger partial charge on any atom is 0.417 e. The minimum Gasteiger partial charge on any atom is -0.481 e. The van der Waals surface area contributed by atoms with Gasteiger partial charge in [-0.3, -0.25) is 9.69 Å². The number of carboxylic acid groups (broad SMARTS) is 1. The van der Waals surface area contributed by atoms with Crippen molar-refractivity contribution in [3.63, 3.8) is 0 Å². The monoisotopic (exact) mass is 504 g/mol. The molecule has 2 unspecified atom stereocenters. The summed E-state index contributed by atoms with van der Waals surface area (Å²) in [5.74, 6) is 1.47. The number of hydrogen-bond acceptors (Lipinski definition) is 6. The van der Waals surface area contributed by atoms with E-state index >= 15 is 0 Å². The Bertz CT molecular complexity index is 1050. The van der Waals surface area contributed by atoms with Crippen molar-refractivity contribution in [2.45, 2.75) is 57.3 Å². The third kappa shape index (κ3) is 4.51. The number of anilines is 1. The van der Waals surface area contributed by atoms with Gasteiger partial charge in [0.2, 0.25) is 6.19 Å². The Morgan fingerprint density at radius 2 is 1.89 bits per heavy atom. The molecule has 6 rings (SSSR count). The predicted molar refractivity (Wildman–Crippen MR) is 126 cm³/mol. The molecule has 8 nitrogen and oxygen atoms in total. The van der Waals surface area contributed by atoms with Crippen LogP contribution in [0, 0.1) is 34.6 Å². The standard InChI is InChI=1S/C25H31F3N6O2/c1-15(33-4-6-34(7-5-33)20-3-2-19(13-30-20)25(26,27)28)22(31-14-29)32-21-17-8-16-9-18(21)12-24(10-16,11-17)23(35)36/h2-3,13,15-18,21H,4-12H2,1H3,(H,31,32)(H,35,36)/t15-,16?,17?,18?,21?,24?/m1/s1. The number of aliphatic imine (C=N–C) groups is 1. The number of alkyl halides is 3. The van der Waals surface area contributed by atoms with Crippen molar-refractivity contribution in [3.8, 4) is 6.19 Å². The molecule has 0 aromatic carbocycles. The van der Waals surface area contributed by atoms with Gasteiger partial charge >= 0.3 is 12.1 Å². The van der Waals surface area contributed by atoms with Crippen LogP contribution >= 0.6 is 0 Å². The lowest BCUT2D eigenvalue weighted by Gasteiger charge is -2.58. The maximum absolute atomic E-state index is 12.8. The summed E-state index contributed by atoms with van der Waals surface area (Å²) in [7, 11) is 0. The number of carboxylic acids is 1. The van der Waals surface area contributed by atoms with Crippen LogP contribution in [0.15, 0.2) is 23.3 Å². The van der Waals surface area contributed by atoms with E-state index in [1.54, 1.807) is 0 Å². The zero-order valence-corrected chi connectivity index (χ0v) is 20.2. The average Bonchev–Trinajstić information content (AvgIpc) is 2.84. The van der Waals surface area contributed by atoms with Crippen LogP contribution in [0.5, 0.6) is 0 Å². The van der Waals surface area contributed by atoms with Crippen LogP contribution in [-0.4, -0.2) is 65.1 Å².